The third kappa shape index (κ3) is 6.48. The lowest BCUT2D eigenvalue weighted by molar-refractivity contribution is 0.275. The molecule has 0 heterocycles. The van der Waals surface area contributed by atoms with Gasteiger partial charge in [0.25, 0.3) is 0 Å². The van der Waals surface area contributed by atoms with E-state index >= 15 is 0 Å². The van der Waals surface area contributed by atoms with Gasteiger partial charge in [0.15, 0.2) is 0 Å². The van der Waals surface area contributed by atoms with E-state index in [0.717, 1.165) is 0 Å². The average molecular weight is 184 g/mol. The summed E-state index contributed by atoms with van der Waals surface area (Å²) >= 11 is 8.20. The van der Waals surface area contributed by atoms with E-state index in [0.29, 0.717) is 21.6 Å². The van der Waals surface area contributed by atoms with E-state index in [1.54, 1.807) is 0 Å². The second-order valence-electron chi connectivity index (χ2n) is 0.667. The maximum absolute atomic E-state index is 9.91. The summed E-state index contributed by atoms with van der Waals surface area (Å²) in [6.45, 7) is 0. The Hall–Kier alpha value is 0.480. The fourth-order valence-corrected chi connectivity index (χ4v) is 1.22. The molecule has 0 spiro atoms. The normalized spacial score (nSPS) is 8.50. The molecule has 0 unspecified atom stereocenters. The molecule has 0 fully saturated rings. The standard InChI is InChI=1S/C2H2O2S4/c3-1(5)7-8-2(4)6/h(H,3,5)(H,4,6)/p-2. The molecule has 0 saturated heterocycles. The van der Waals surface area contributed by atoms with Crippen LogP contribution in [0.4, 0.5) is 9.59 Å². The van der Waals surface area contributed by atoms with Crippen molar-refractivity contribution in [1.82, 2.24) is 0 Å². The highest BCUT2D eigenvalue weighted by atomic mass is 33.1. The van der Waals surface area contributed by atoms with Crippen LogP contribution in [-0.2, 0) is 25.3 Å². The minimum atomic E-state index is -0.520. The summed E-state index contributed by atoms with van der Waals surface area (Å²) in [6, 6.07) is 0. The van der Waals surface area contributed by atoms with Crippen LogP contribution in [0.5, 0.6) is 0 Å². The molecule has 0 aliphatic heterocycles. The van der Waals surface area contributed by atoms with Gasteiger partial charge in [-0.05, 0) is 21.6 Å². The maximum Gasteiger partial charge on any atom is 0.0796 e. The van der Waals surface area contributed by atoms with Crippen LogP contribution in [0.1, 0.15) is 0 Å². The monoisotopic (exact) mass is 184 g/mol. The molecule has 0 aliphatic carbocycles. The van der Waals surface area contributed by atoms with E-state index in [2.05, 4.69) is 25.3 Å². The van der Waals surface area contributed by atoms with Gasteiger partial charge in [0, 0.05) is 0 Å². The van der Waals surface area contributed by atoms with Crippen LogP contribution >= 0.6 is 21.6 Å². The fourth-order valence-electron chi connectivity index (χ4n) is 0.0680. The Morgan fingerprint density at radius 1 is 1.00 bits per heavy atom. The molecule has 0 saturated carbocycles. The average Bonchev–Trinajstić information content (AvgIpc) is 1.61. The number of hydrogen-bond acceptors (Lipinski definition) is 6. The topological polar surface area (TPSA) is 34.1 Å². The molecule has 0 atom stereocenters. The van der Waals surface area contributed by atoms with Gasteiger partial charge in [-0.15, -0.1) is 0 Å². The SMILES string of the molecule is O=C([S-])SSC(=O)[S-]. The molecule has 0 rings (SSSR count). The minimum Gasteiger partial charge on any atom is -0.730 e. The first-order chi connectivity index (χ1) is 3.63. The fraction of sp³-hybridized carbons (Fsp3) is 0. The second-order valence-corrected chi connectivity index (χ2v) is 4.00. The lowest BCUT2D eigenvalue weighted by Gasteiger charge is -2.01. The van der Waals surface area contributed by atoms with Crippen LogP contribution in [0.3, 0.4) is 0 Å². The van der Waals surface area contributed by atoms with Gasteiger partial charge in [-0.1, -0.05) is 0 Å². The van der Waals surface area contributed by atoms with Gasteiger partial charge in [-0.2, -0.15) is 0 Å². The van der Waals surface area contributed by atoms with E-state index in [9.17, 15) is 9.59 Å². The zero-order chi connectivity index (χ0) is 6.57. The Labute approximate surface area is 65.4 Å². The van der Waals surface area contributed by atoms with Gasteiger partial charge in [0.1, 0.15) is 0 Å². The van der Waals surface area contributed by atoms with Crippen LogP contribution in [0.15, 0.2) is 0 Å². The molecule has 0 radical (unpaired) electrons. The Bertz CT molecular complexity index is 96.6. The Balaban J connectivity index is 3.18. The third-order valence-electron chi connectivity index (χ3n) is 0.178. The van der Waals surface area contributed by atoms with Crippen molar-refractivity contribution in [1.29, 1.82) is 0 Å². The van der Waals surface area contributed by atoms with Crippen LogP contribution < -0.4 is 0 Å². The predicted octanol–water partition coefficient (Wildman–Crippen LogP) is 1.70. The predicted molar refractivity (Wildman–Crippen MR) is 40.7 cm³/mol. The molecule has 0 aliphatic rings. The largest absolute Gasteiger partial charge is 0.730 e. The zero-order valence-corrected chi connectivity index (χ0v) is 6.72. The van der Waals surface area contributed by atoms with Crippen LogP contribution in [0.2, 0.25) is 0 Å². The summed E-state index contributed by atoms with van der Waals surface area (Å²) in [4.78, 5) is 19.8. The van der Waals surface area contributed by atoms with Gasteiger partial charge in [0.05, 0.1) is 8.89 Å². The molecular weight excluding hydrogens is 184 g/mol. The highest BCUT2D eigenvalue weighted by molar-refractivity contribution is 8.91. The first-order valence-electron chi connectivity index (χ1n) is 1.39. The van der Waals surface area contributed by atoms with Crippen molar-refractivity contribution in [2.75, 3.05) is 0 Å². The van der Waals surface area contributed by atoms with Gasteiger partial charge in [-0.3, -0.25) is 0 Å². The first kappa shape index (κ1) is 8.48. The van der Waals surface area contributed by atoms with Gasteiger partial charge >= 0.3 is 0 Å². The summed E-state index contributed by atoms with van der Waals surface area (Å²) in [5.41, 5.74) is 0. The van der Waals surface area contributed by atoms with Crippen molar-refractivity contribution < 1.29 is 9.59 Å². The Kier molecular flexibility index (Phi) is 4.63. The molecule has 0 N–H and O–H groups in total. The summed E-state index contributed by atoms with van der Waals surface area (Å²) in [7, 11) is 1.36. The molecule has 0 aromatic carbocycles. The van der Waals surface area contributed by atoms with E-state index in [1.165, 1.54) is 0 Å². The van der Waals surface area contributed by atoms with Crippen molar-refractivity contribution >= 4 is 55.7 Å². The maximum atomic E-state index is 9.91. The van der Waals surface area contributed by atoms with Crippen molar-refractivity contribution in [3.05, 3.63) is 0 Å². The Morgan fingerprint density at radius 2 is 1.25 bits per heavy atom. The lowest BCUT2D eigenvalue weighted by Crippen LogP contribution is -1.77. The highest BCUT2D eigenvalue weighted by Crippen LogP contribution is 2.22. The lowest BCUT2D eigenvalue weighted by atomic mass is 11.8. The zero-order valence-electron chi connectivity index (χ0n) is 3.45. The number of carbonyl (C=O) groups excluding carboxylic acids is 2. The quantitative estimate of drug-likeness (QED) is 0.421. The molecule has 2 nitrogen and oxygen atoms in total. The number of hydrogen-bond donors (Lipinski definition) is 0. The number of carbonyl (C=O) groups is 2. The van der Waals surface area contributed by atoms with Crippen LogP contribution in [-0.4, -0.2) is 8.89 Å². The molecule has 0 bridgehead atoms. The first-order valence-corrected chi connectivity index (χ1v) is 4.36. The molecule has 46 valence electrons. The molecule has 6 heteroatoms. The molecule has 0 aromatic rings. The highest BCUT2D eigenvalue weighted by Gasteiger charge is 1.84. The molecule has 8 heavy (non-hydrogen) atoms. The van der Waals surface area contributed by atoms with E-state index in [1.807, 2.05) is 0 Å². The molecular formula is C2O2S4-2. The Morgan fingerprint density at radius 3 is 1.38 bits per heavy atom. The second kappa shape index (κ2) is 4.37. The van der Waals surface area contributed by atoms with E-state index in [-0.39, 0.29) is 0 Å². The van der Waals surface area contributed by atoms with Gasteiger partial charge < -0.3 is 34.8 Å². The summed E-state index contributed by atoms with van der Waals surface area (Å²) in [6.07, 6.45) is 0. The van der Waals surface area contributed by atoms with Crippen LogP contribution in [0.25, 0.3) is 0 Å². The van der Waals surface area contributed by atoms with E-state index < -0.39 is 8.89 Å². The van der Waals surface area contributed by atoms with Crippen molar-refractivity contribution in [3.8, 4) is 0 Å². The summed E-state index contributed by atoms with van der Waals surface area (Å²) in [5, 5.41) is 0. The molecule has 0 aromatic heterocycles. The van der Waals surface area contributed by atoms with Crippen molar-refractivity contribution in [3.63, 3.8) is 0 Å². The molecule has 0 amide bonds. The minimum absolute atomic E-state index is 0.520. The summed E-state index contributed by atoms with van der Waals surface area (Å²) < 4.78 is -1.04. The number of rotatable bonds is 0. The van der Waals surface area contributed by atoms with Crippen molar-refractivity contribution in [2.24, 2.45) is 0 Å². The van der Waals surface area contributed by atoms with Crippen molar-refractivity contribution in [2.45, 2.75) is 0 Å². The van der Waals surface area contributed by atoms with Gasteiger partial charge in [-0.25, -0.2) is 0 Å². The van der Waals surface area contributed by atoms with E-state index in [4.69, 9.17) is 0 Å². The van der Waals surface area contributed by atoms with Gasteiger partial charge in [0.2, 0.25) is 0 Å². The smallest absolute Gasteiger partial charge is 0.0796 e. The van der Waals surface area contributed by atoms with Crippen LogP contribution in [0, 0.1) is 0 Å². The summed E-state index contributed by atoms with van der Waals surface area (Å²) in [5.74, 6) is 0. The third-order valence-corrected chi connectivity index (χ3v) is 2.82.